The minimum absolute atomic E-state index is 0.377. The monoisotopic (exact) mass is 377 g/mol. The summed E-state index contributed by atoms with van der Waals surface area (Å²) in [5, 5.41) is 8.92. The predicted octanol–water partition coefficient (Wildman–Crippen LogP) is 4.32. The van der Waals surface area contributed by atoms with Crippen molar-refractivity contribution in [1.82, 2.24) is 15.0 Å². The van der Waals surface area contributed by atoms with E-state index in [0.29, 0.717) is 18.2 Å². The van der Waals surface area contributed by atoms with Crippen LogP contribution in [0.5, 0.6) is 5.75 Å². The van der Waals surface area contributed by atoms with Gasteiger partial charge in [0.15, 0.2) is 0 Å². The molecular formula is C16H13BrClN3O. The van der Waals surface area contributed by atoms with Crippen LogP contribution in [0.25, 0.3) is 0 Å². The second kappa shape index (κ2) is 6.94. The molecule has 0 unspecified atom stereocenters. The molecule has 1 aromatic heterocycles. The van der Waals surface area contributed by atoms with Crippen molar-refractivity contribution in [2.75, 3.05) is 0 Å². The van der Waals surface area contributed by atoms with Gasteiger partial charge in [0.25, 0.3) is 0 Å². The summed E-state index contributed by atoms with van der Waals surface area (Å²) in [5.74, 6) is 0.756. The Bertz CT molecular complexity index is 741. The molecule has 4 nitrogen and oxygen atoms in total. The summed E-state index contributed by atoms with van der Waals surface area (Å²) in [6.45, 7) is 1.06. The van der Waals surface area contributed by atoms with Crippen LogP contribution in [-0.2, 0) is 13.2 Å². The Balaban J connectivity index is 1.59. The molecule has 0 fully saturated rings. The van der Waals surface area contributed by atoms with Gasteiger partial charge in [-0.25, -0.2) is 4.68 Å². The first-order chi connectivity index (χ1) is 10.7. The van der Waals surface area contributed by atoms with Gasteiger partial charge in [0.05, 0.1) is 12.7 Å². The fourth-order valence-corrected chi connectivity index (χ4v) is 2.34. The van der Waals surface area contributed by atoms with Crippen LogP contribution >= 0.6 is 27.5 Å². The zero-order chi connectivity index (χ0) is 15.4. The van der Waals surface area contributed by atoms with E-state index in [-0.39, 0.29) is 0 Å². The first-order valence-electron chi connectivity index (χ1n) is 6.71. The molecule has 0 radical (unpaired) electrons. The van der Waals surface area contributed by atoms with E-state index in [1.54, 1.807) is 16.8 Å². The summed E-state index contributed by atoms with van der Waals surface area (Å²) in [6.07, 6.45) is 1.89. The van der Waals surface area contributed by atoms with Gasteiger partial charge in [0, 0.05) is 9.50 Å². The van der Waals surface area contributed by atoms with Gasteiger partial charge in [0.1, 0.15) is 18.1 Å². The lowest BCUT2D eigenvalue weighted by Crippen LogP contribution is -2.00. The minimum atomic E-state index is 0.377. The number of halogens is 2. The maximum Gasteiger partial charge on any atom is 0.134 e. The third-order valence-corrected chi connectivity index (χ3v) is 3.82. The van der Waals surface area contributed by atoms with Crippen LogP contribution in [0, 0.1) is 0 Å². The largest absolute Gasteiger partial charge is 0.487 e. The molecule has 0 spiro atoms. The van der Waals surface area contributed by atoms with Crippen molar-refractivity contribution in [2.24, 2.45) is 0 Å². The Morgan fingerprint density at radius 1 is 1.05 bits per heavy atom. The van der Waals surface area contributed by atoms with Crippen molar-refractivity contribution >= 4 is 27.5 Å². The van der Waals surface area contributed by atoms with Gasteiger partial charge in [-0.05, 0) is 42.0 Å². The smallest absolute Gasteiger partial charge is 0.134 e. The molecule has 0 saturated carbocycles. The standard InChI is InChI=1S/C16H13BrClN3O/c17-13-3-1-12(2-4-13)9-21-10-15(19-20-21)11-22-16-7-5-14(18)6-8-16/h1-8,10H,9,11H2. The maximum atomic E-state index is 5.83. The van der Waals surface area contributed by atoms with Crippen LogP contribution in [0.1, 0.15) is 11.3 Å². The van der Waals surface area contributed by atoms with Crippen LogP contribution < -0.4 is 4.74 Å². The molecular weight excluding hydrogens is 366 g/mol. The summed E-state index contributed by atoms with van der Waals surface area (Å²) in [7, 11) is 0. The molecule has 0 amide bonds. The quantitative estimate of drug-likeness (QED) is 0.664. The topological polar surface area (TPSA) is 39.9 Å². The van der Waals surface area contributed by atoms with Crippen molar-refractivity contribution < 1.29 is 4.74 Å². The first kappa shape index (κ1) is 15.1. The van der Waals surface area contributed by atoms with E-state index in [4.69, 9.17) is 16.3 Å². The molecule has 0 N–H and O–H groups in total. The molecule has 112 valence electrons. The van der Waals surface area contributed by atoms with Crippen LogP contribution in [0.4, 0.5) is 0 Å². The van der Waals surface area contributed by atoms with Gasteiger partial charge in [-0.3, -0.25) is 0 Å². The Morgan fingerprint density at radius 2 is 1.77 bits per heavy atom. The molecule has 1 heterocycles. The predicted molar refractivity (Wildman–Crippen MR) is 89.1 cm³/mol. The van der Waals surface area contributed by atoms with Gasteiger partial charge in [-0.15, -0.1) is 5.10 Å². The number of nitrogens with zero attached hydrogens (tertiary/aromatic N) is 3. The van der Waals surface area contributed by atoms with E-state index < -0.39 is 0 Å². The Hall–Kier alpha value is -1.85. The van der Waals surface area contributed by atoms with Gasteiger partial charge < -0.3 is 4.74 Å². The average Bonchev–Trinajstić information content (AvgIpc) is 2.97. The zero-order valence-electron chi connectivity index (χ0n) is 11.6. The number of hydrogen-bond donors (Lipinski definition) is 0. The Morgan fingerprint density at radius 3 is 2.50 bits per heavy atom. The van der Waals surface area contributed by atoms with Crippen molar-refractivity contribution in [1.29, 1.82) is 0 Å². The lowest BCUT2D eigenvalue weighted by Gasteiger charge is -2.03. The lowest BCUT2D eigenvalue weighted by atomic mass is 10.2. The van der Waals surface area contributed by atoms with Gasteiger partial charge in [0.2, 0.25) is 0 Å². The molecule has 0 saturated heterocycles. The summed E-state index contributed by atoms with van der Waals surface area (Å²) >= 11 is 9.26. The average molecular weight is 379 g/mol. The highest BCUT2D eigenvalue weighted by atomic mass is 79.9. The van der Waals surface area contributed by atoms with Crippen molar-refractivity contribution in [3.63, 3.8) is 0 Å². The van der Waals surface area contributed by atoms with Crippen LogP contribution in [0.2, 0.25) is 5.02 Å². The molecule has 6 heteroatoms. The van der Waals surface area contributed by atoms with Gasteiger partial charge >= 0.3 is 0 Å². The summed E-state index contributed by atoms with van der Waals surface area (Å²) in [6, 6.07) is 15.4. The van der Waals surface area contributed by atoms with E-state index in [2.05, 4.69) is 38.4 Å². The molecule has 3 aromatic rings. The highest BCUT2D eigenvalue weighted by Crippen LogP contribution is 2.16. The maximum absolute atomic E-state index is 5.83. The molecule has 0 bridgehead atoms. The van der Waals surface area contributed by atoms with E-state index >= 15 is 0 Å². The molecule has 0 aliphatic heterocycles. The number of hydrogen-bond acceptors (Lipinski definition) is 3. The fourth-order valence-electron chi connectivity index (χ4n) is 1.95. The van der Waals surface area contributed by atoms with E-state index in [9.17, 15) is 0 Å². The number of rotatable bonds is 5. The third-order valence-electron chi connectivity index (χ3n) is 3.04. The Labute approximate surface area is 141 Å². The molecule has 0 atom stereocenters. The van der Waals surface area contributed by atoms with Gasteiger partial charge in [-0.2, -0.15) is 0 Å². The van der Waals surface area contributed by atoms with Crippen LogP contribution in [-0.4, -0.2) is 15.0 Å². The second-order valence-corrected chi connectivity index (χ2v) is 6.13. The van der Waals surface area contributed by atoms with Crippen molar-refractivity contribution in [3.05, 3.63) is 75.5 Å². The SMILES string of the molecule is Clc1ccc(OCc2cn(Cc3ccc(Br)cc3)nn2)cc1. The number of ether oxygens (including phenoxy) is 1. The van der Waals surface area contributed by atoms with Crippen LogP contribution in [0.3, 0.4) is 0 Å². The molecule has 0 aliphatic carbocycles. The summed E-state index contributed by atoms with van der Waals surface area (Å²) in [5.41, 5.74) is 1.95. The highest BCUT2D eigenvalue weighted by molar-refractivity contribution is 9.10. The Kier molecular flexibility index (Phi) is 4.75. The summed E-state index contributed by atoms with van der Waals surface area (Å²) in [4.78, 5) is 0. The molecule has 3 rings (SSSR count). The zero-order valence-corrected chi connectivity index (χ0v) is 14.0. The van der Waals surface area contributed by atoms with Crippen molar-refractivity contribution in [3.8, 4) is 5.75 Å². The fraction of sp³-hybridized carbons (Fsp3) is 0.125. The molecule has 22 heavy (non-hydrogen) atoms. The molecule has 2 aromatic carbocycles. The van der Waals surface area contributed by atoms with E-state index in [1.807, 2.05) is 30.5 Å². The van der Waals surface area contributed by atoms with Crippen molar-refractivity contribution in [2.45, 2.75) is 13.2 Å². The first-order valence-corrected chi connectivity index (χ1v) is 7.88. The van der Waals surface area contributed by atoms with Gasteiger partial charge in [-0.1, -0.05) is 44.9 Å². The molecule has 0 aliphatic rings. The highest BCUT2D eigenvalue weighted by Gasteiger charge is 2.03. The number of aromatic nitrogens is 3. The van der Waals surface area contributed by atoms with E-state index in [1.165, 1.54) is 5.56 Å². The normalized spacial score (nSPS) is 10.6. The minimum Gasteiger partial charge on any atom is -0.487 e. The summed E-state index contributed by atoms with van der Waals surface area (Å²) < 4.78 is 8.50. The second-order valence-electron chi connectivity index (χ2n) is 4.78. The van der Waals surface area contributed by atoms with Crippen LogP contribution in [0.15, 0.2) is 59.2 Å². The third kappa shape index (κ3) is 4.08. The lowest BCUT2D eigenvalue weighted by molar-refractivity contribution is 0.301. The van der Waals surface area contributed by atoms with E-state index in [0.717, 1.165) is 15.9 Å². The number of benzene rings is 2.